The number of benzene rings is 1. The predicted molar refractivity (Wildman–Crippen MR) is 135 cm³/mol. The number of carbonyl (C=O) groups is 2. The number of amides is 2. The topological polar surface area (TPSA) is 105 Å². The number of imidazole rings is 1. The molecule has 3 aromatic heterocycles. The fourth-order valence-electron chi connectivity index (χ4n) is 4.71. The number of hydrogen-bond acceptors (Lipinski definition) is 5. The summed E-state index contributed by atoms with van der Waals surface area (Å²) in [7, 11) is 1.79. The Hall–Kier alpha value is -4.14. The summed E-state index contributed by atoms with van der Waals surface area (Å²) in [4.78, 5) is 30.7. The third-order valence-corrected chi connectivity index (χ3v) is 6.46. The van der Waals surface area contributed by atoms with Crippen LogP contribution >= 0.6 is 0 Å². The average Bonchev–Trinajstić information content (AvgIpc) is 3.62. The Morgan fingerprint density at radius 3 is 2.77 bits per heavy atom. The van der Waals surface area contributed by atoms with E-state index in [2.05, 4.69) is 26.0 Å². The van der Waals surface area contributed by atoms with Crippen molar-refractivity contribution in [3.8, 4) is 0 Å². The van der Waals surface area contributed by atoms with Gasteiger partial charge in [-0.05, 0) is 42.7 Å². The highest BCUT2D eigenvalue weighted by atomic mass is 16.2. The summed E-state index contributed by atoms with van der Waals surface area (Å²) in [6, 6.07) is 10.5. The number of pyridine rings is 1. The van der Waals surface area contributed by atoms with Gasteiger partial charge in [-0.1, -0.05) is 31.7 Å². The number of nitrogens with zero attached hydrogens (tertiary/aromatic N) is 4. The van der Waals surface area contributed by atoms with E-state index in [1.165, 1.54) is 12.8 Å². The Kier molecular flexibility index (Phi) is 6.47. The van der Waals surface area contributed by atoms with Crippen LogP contribution in [-0.4, -0.2) is 37.0 Å². The first-order valence-corrected chi connectivity index (χ1v) is 11.9. The van der Waals surface area contributed by atoms with Gasteiger partial charge in [0.2, 0.25) is 5.91 Å². The highest BCUT2D eigenvalue weighted by molar-refractivity contribution is 6.01. The Labute approximate surface area is 203 Å². The molecule has 5 rings (SSSR count). The van der Waals surface area contributed by atoms with E-state index in [9.17, 15) is 9.59 Å². The molecule has 1 atom stereocenters. The number of fused-ring (bicyclic) bond motifs is 1. The molecule has 0 spiro atoms. The van der Waals surface area contributed by atoms with E-state index in [0.717, 1.165) is 29.9 Å². The van der Waals surface area contributed by atoms with Gasteiger partial charge in [-0.15, -0.1) is 0 Å². The summed E-state index contributed by atoms with van der Waals surface area (Å²) in [5, 5.41) is 13.3. The zero-order valence-electron chi connectivity index (χ0n) is 19.6. The van der Waals surface area contributed by atoms with Crippen LogP contribution in [0.1, 0.15) is 42.5 Å². The first-order valence-electron chi connectivity index (χ1n) is 11.9. The number of hydrogen-bond donors (Lipinski definition) is 3. The van der Waals surface area contributed by atoms with Gasteiger partial charge in [0, 0.05) is 43.1 Å². The fourth-order valence-corrected chi connectivity index (χ4v) is 4.71. The van der Waals surface area contributed by atoms with Gasteiger partial charge >= 0.3 is 0 Å². The monoisotopic (exact) mass is 471 g/mol. The van der Waals surface area contributed by atoms with Crippen LogP contribution in [0.25, 0.3) is 5.65 Å². The predicted octanol–water partition coefficient (Wildman–Crippen LogP) is 4.13. The molecule has 4 aromatic rings. The molecule has 3 N–H and O–H groups in total. The Balaban J connectivity index is 1.31. The summed E-state index contributed by atoms with van der Waals surface area (Å²) < 4.78 is 3.55. The SMILES string of the molecule is Cn1cc(NC(=O)[C@H](CC2CCCC2)NC(=O)c2cccc(Nc3cccn4ccnc34)c2)cn1. The summed E-state index contributed by atoms with van der Waals surface area (Å²) >= 11 is 0. The van der Waals surface area contributed by atoms with Gasteiger partial charge in [0.1, 0.15) is 6.04 Å². The van der Waals surface area contributed by atoms with Crippen molar-refractivity contribution in [3.63, 3.8) is 0 Å². The lowest BCUT2D eigenvalue weighted by atomic mass is 9.97. The maximum atomic E-state index is 13.2. The molecule has 0 bridgehead atoms. The molecule has 1 aliphatic carbocycles. The molecule has 9 nitrogen and oxygen atoms in total. The minimum absolute atomic E-state index is 0.224. The van der Waals surface area contributed by atoms with Gasteiger partial charge in [-0.3, -0.25) is 14.3 Å². The zero-order chi connectivity index (χ0) is 24.2. The van der Waals surface area contributed by atoms with Gasteiger partial charge in [0.25, 0.3) is 5.91 Å². The Bertz CT molecular complexity index is 1340. The molecule has 180 valence electrons. The van der Waals surface area contributed by atoms with Crippen molar-refractivity contribution in [2.45, 2.75) is 38.1 Å². The largest absolute Gasteiger partial charge is 0.352 e. The second kappa shape index (κ2) is 10.0. The smallest absolute Gasteiger partial charge is 0.252 e. The molecular weight excluding hydrogens is 442 g/mol. The van der Waals surface area contributed by atoms with Gasteiger partial charge < -0.3 is 20.4 Å². The van der Waals surface area contributed by atoms with Crippen LogP contribution in [0.2, 0.25) is 0 Å². The minimum Gasteiger partial charge on any atom is -0.352 e. The van der Waals surface area contributed by atoms with Crippen molar-refractivity contribution in [2.75, 3.05) is 10.6 Å². The molecule has 9 heteroatoms. The van der Waals surface area contributed by atoms with Gasteiger partial charge in [-0.25, -0.2) is 4.98 Å². The molecule has 0 aliphatic heterocycles. The highest BCUT2D eigenvalue weighted by Crippen LogP contribution is 2.29. The third-order valence-electron chi connectivity index (χ3n) is 6.46. The molecule has 1 aromatic carbocycles. The molecule has 1 fully saturated rings. The number of carbonyl (C=O) groups excluding carboxylic acids is 2. The number of nitrogens with one attached hydrogen (secondary N) is 3. The van der Waals surface area contributed by atoms with E-state index >= 15 is 0 Å². The van der Waals surface area contributed by atoms with Gasteiger partial charge in [-0.2, -0.15) is 5.10 Å². The Morgan fingerprint density at radius 2 is 1.97 bits per heavy atom. The Morgan fingerprint density at radius 1 is 1.11 bits per heavy atom. The van der Waals surface area contributed by atoms with E-state index in [4.69, 9.17) is 0 Å². The van der Waals surface area contributed by atoms with Crippen LogP contribution in [0.3, 0.4) is 0 Å². The van der Waals surface area contributed by atoms with Crippen molar-refractivity contribution in [1.29, 1.82) is 0 Å². The number of aromatic nitrogens is 4. The van der Waals surface area contributed by atoms with E-state index in [-0.39, 0.29) is 11.8 Å². The van der Waals surface area contributed by atoms with Crippen LogP contribution in [0.4, 0.5) is 17.1 Å². The lowest BCUT2D eigenvalue weighted by Gasteiger charge is -2.21. The average molecular weight is 472 g/mol. The van der Waals surface area contributed by atoms with E-state index in [1.54, 1.807) is 42.5 Å². The molecule has 1 aliphatic rings. The van der Waals surface area contributed by atoms with Crippen molar-refractivity contribution < 1.29 is 9.59 Å². The summed E-state index contributed by atoms with van der Waals surface area (Å²) in [5.74, 6) is -0.0708. The molecule has 0 unspecified atom stereocenters. The normalized spacial score (nSPS) is 14.7. The van der Waals surface area contributed by atoms with Crippen LogP contribution in [0.15, 0.2) is 67.4 Å². The van der Waals surface area contributed by atoms with Crippen LogP contribution in [0.5, 0.6) is 0 Å². The number of rotatable bonds is 8. The zero-order valence-corrected chi connectivity index (χ0v) is 19.6. The molecule has 2 amide bonds. The second-order valence-electron chi connectivity index (χ2n) is 9.09. The standard InChI is InChI=1S/C26H29N7O2/c1-32-17-21(16-28-32)30-26(35)23(14-18-6-2-3-7-18)31-25(34)19-8-4-9-20(15-19)29-22-10-5-12-33-13-11-27-24(22)33/h4-5,8-13,15-18,23,29H,2-3,6-7,14H2,1H3,(H,30,35)(H,31,34)/t23-/m0/s1. The van der Waals surface area contributed by atoms with Crippen LogP contribution in [0, 0.1) is 5.92 Å². The second-order valence-corrected chi connectivity index (χ2v) is 9.09. The molecule has 0 radical (unpaired) electrons. The summed E-state index contributed by atoms with van der Waals surface area (Å²) in [6.45, 7) is 0. The molecule has 35 heavy (non-hydrogen) atoms. The summed E-state index contributed by atoms with van der Waals surface area (Å²) in [5.41, 5.74) is 3.50. The lowest BCUT2D eigenvalue weighted by Crippen LogP contribution is -2.44. The first-order chi connectivity index (χ1) is 17.0. The lowest BCUT2D eigenvalue weighted by molar-refractivity contribution is -0.118. The molecule has 0 saturated heterocycles. The van der Waals surface area contributed by atoms with Crippen molar-refractivity contribution in [2.24, 2.45) is 13.0 Å². The number of anilines is 3. The molecular formula is C26H29N7O2. The van der Waals surface area contributed by atoms with Crippen LogP contribution < -0.4 is 16.0 Å². The van der Waals surface area contributed by atoms with Crippen molar-refractivity contribution in [1.82, 2.24) is 24.5 Å². The van der Waals surface area contributed by atoms with Gasteiger partial charge in [0.05, 0.1) is 17.6 Å². The van der Waals surface area contributed by atoms with Crippen molar-refractivity contribution >= 4 is 34.5 Å². The molecule has 1 saturated carbocycles. The highest BCUT2D eigenvalue weighted by Gasteiger charge is 2.27. The fraction of sp³-hybridized carbons (Fsp3) is 0.308. The number of aryl methyl sites for hydroxylation is 1. The molecule has 3 heterocycles. The maximum Gasteiger partial charge on any atom is 0.252 e. The van der Waals surface area contributed by atoms with Crippen molar-refractivity contribution in [3.05, 3.63) is 72.9 Å². The maximum absolute atomic E-state index is 13.2. The van der Waals surface area contributed by atoms with E-state index in [0.29, 0.717) is 23.6 Å². The minimum atomic E-state index is -0.624. The van der Waals surface area contributed by atoms with Crippen LogP contribution in [-0.2, 0) is 11.8 Å². The van der Waals surface area contributed by atoms with Gasteiger partial charge in [0.15, 0.2) is 5.65 Å². The van der Waals surface area contributed by atoms with E-state index < -0.39 is 6.04 Å². The third kappa shape index (κ3) is 5.34. The van der Waals surface area contributed by atoms with E-state index in [1.807, 2.05) is 41.1 Å². The summed E-state index contributed by atoms with van der Waals surface area (Å²) in [6.07, 6.45) is 14.0. The first kappa shape index (κ1) is 22.6. The quantitative estimate of drug-likeness (QED) is 0.358.